The summed E-state index contributed by atoms with van der Waals surface area (Å²) >= 11 is 0. The van der Waals surface area contributed by atoms with E-state index in [-0.39, 0.29) is 6.03 Å². The molecule has 0 atom stereocenters. The Balaban J connectivity index is 2.10. The molecule has 0 radical (unpaired) electrons. The van der Waals surface area contributed by atoms with Crippen molar-refractivity contribution in [2.24, 2.45) is 0 Å². The average molecular weight is 283 g/mol. The molecule has 4 nitrogen and oxygen atoms in total. The monoisotopic (exact) mass is 283 g/mol. The van der Waals surface area contributed by atoms with E-state index in [1.165, 1.54) is 5.56 Å². The van der Waals surface area contributed by atoms with E-state index in [4.69, 9.17) is 0 Å². The first-order valence-electron chi connectivity index (χ1n) is 7.16. The van der Waals surface area contributed by atoms with Crippen molar-refractivity contribution in [1.29, 1.82) is 0 Å². The first-order chi connectivity index (χ1) is 10.2. The average Bonchev–Trinajstić information content (AvgIpc) is 2.55. The lowest BCUT2D eigenvalue weighted by molar-refractivity contribution is 0.194. The lowest BCUT2D eigenvalue weighted by atomic mass is 10.1. The van der Waals surface area contributed by atoms with Crippen molar-refractivity contribution in [1.82, 2.24) is 15.2 Å². The van der Waals surface area contributed by atoms with Crippen molar-refractivity contribution < 1.29 is 4.79 Å². The number of hydrogen-bond donors (Lipinski definition) is 1. The van der Waals surface area contributed by atoms with Gasteiger partial charge >= 0.3 is 6.03 Å². The maximum Gasteiger partial charge on any atom is 0.317 e. The molecule has 2 amide bonds. The minimum absolute atomic E-state index is 0.0848. The van der Waals surface area contributed by atoms with Gasteiger partial charge in [-0.15, -0.1) is 0 Å². The number of rotatable bonds is 5. The van der Waals surface area contributed by atoms with Crippen LogP contribution in [0.4, 0.5) is 4.79 Å². The summed E-state index contributed by atoms with van der Waals surface area (Å²) in [6, 6.07) is 12.2. The SMILES string of the molecule is CCc1ccc(CN(Cc2cccnc2)C(=O)NC)cc1. The first-order valence-corrected chi connectivity index (χ1v) is 7.16. The molecule has 0 aliphatic rings. The van der Waals surface area contributed by atoms with E-state index in [1.54, 1.807) is 24.3 Å². The van der Waals surface area contributed by atoms with Crippen molar-refractivity contribution in [2.45, 2.75) is 26.4 Å². The van der Waals surface area contributed by atoms with E-state index >= 15 is 0 Å². The van der Waals surface area contributed by atoms with E-state index < -0.39 is 0 Å². The van der Waals surface area contributed by atoms with Crippen LogP contribution in [-0.2, 0) is 19.5 Å². The number of carbonyl (C=O) groups excluding carboxylic acids is 1. The van der Waals surface area contributed by atoms with Gasteiger partial charge in [0.25, 0.3) is 0 Å². The number of urea groups is 1. The molecule has 1 aromatic heterocycles. The highest BCUT2D eigenvalue weighted by atomic mass is 16.2. The van der Waals surface area contributed by atoms with Crippen LogP contribution < -0.4 is 5.32 Å². The number of benzene rings is 1. The zero-order valence-electron chi connectivity index (χ0n) is 12.5. The predicted octanol–water partition coefficient (Wildman–Crippen LogP) is 2.99. The Hall–Kier alpha value is -2.36. The molecule has 0 spiro atoms. The van der Waals surface area contributed by atoms with Gasteiger partial charge in [-0.25, -0.2) is 4.79 Å². The molecule has 0 saturated heterocycles. The molecule has 0 bridgehead atoms. The Morgan fingerprint density at radius 3 is 2.33 bits per heavy atom. The van der Waals surface area contributed by atoms with Gasteiger partial charge in [-0.05, 0) is 29.2 Å². The van der Waals surface area contributed by atoms with E-state index in [0.717, 1.165) is 17.5 Å². The lowest BCUT2D eigenvalue weighted by Crippen LogP contribution is -2.37. The fraction of sp³-hybridized carbons (Fsp3) is 0.294. The molecule has 0 saturated carbocycles. The van der Waals surface area contributed by atoms with Gasteiger partial charge in [0.2, 0.25) is 0 Å². The summed E-state index contributed by atoms with van der Waals surface area (Å²) in [5.74, 6) is 0. The summed E-state index contributed by atoms with van der Waals surface area (Å²) in [4.78, 5) is 17.9. The van der Waals surface area contributed by atoms with Crippen LogP contribution in [0.15, 0.2) is 48.8 Å². The molecule has 2 rings (SSSR count). The van der Waals surface area contributed by atoms with Crippen molar-refractivity contribution >= 4 is 6.03 Å². The molecule has 0 aliphatic heterocycles. The van der Waals surface area contributed by atoms with Gasteiger partial charge in [-0.1, -0.05) is 37.3 Å². The first kappa shape index (κ1) is 15.0. The Morgan fingerprint density at radius 2 is 1.76 bits per heavy atom. The van der Waals surface area contributed by atoms with Crippen molar-refractivity contribution in [3.05, 3.63) is 65.5 Å². The topological polar surface area (TPSA) is 45.2 Å². The number of amides is 2. The summed E-state index contributed by atoms with van der Waals surface area (Å²) in [6.45, 7) is 3.26. The molecular weight excluding hydrogens is 262 g/mol. The van der Waals surface area contributed by atoms with Crippen molar-refractivity contribution in [3.8, 4) is 0 Å². The van der Waals surface area contributed by atoms with Crippen LogP contribution in [0.2, 0.25) is 0 Å². The molecule has 21 heavy (non-hydrogen) atoms. The second-order valence-electron chi connectivity index (χ2n) is 4.94. The Kier molecular flexibility index (Phi) is 5.32. The Labute approximate surface area is 125 Å². The van der Waals surface area contributed by atoms with Crippen LogP contribution in [0.3, 0.4) is 0 Å². The molecule has 0 aliphatic carbocycles. The summed E-state index contributed by atoms with van der Waals surface area (Å²) in [5, 5.41) is 2.69. The number of nitrogens with one attached hydrogen (secondary N) is 1. The molecule has 1 N–H and O–H groups in total. The van der Waals surface area contributed by atoms with Gasteiger partial charge in [0.15, 0.2) is 0 Å². The van der Waals surface area contributed by atoms with Gasteiger partial charge in [0.05, 0.1) is 0 Å². The summed E-state index contributed by atoms with van der Waals surface area (Å²) < 4.78 is 0. The summed E-state index contributed by atoms with van der Waals surface area (Å²) in [7, 11) is 1.65. The third-order valence-electron chi connectivity index (χ3n) is 3.40. The van der Waals surface area contributed by atoms with Crippen LogP contribution >= 0.6 is 0 Å². The normalized spacial score (nSPS) is 10.2. The second-order valence-corrected chi connectivity index (χ2v) is 4.94. The highest BCUT2D eigenvalue weighted by molar-refractivity contribution is 5.73. The second kappa shape index (κ2) is 7.43. The van der Waals surface area contributed by atoms with Crippen LogP contribution in [0.25, 0.3) is 0 Å². The van der Waals surface area contributed by atoms with Crippen LogP contribution in [0.1, 0.15) is 23.6 Å². The van der Waals surface area contributed by atoms with Crippen LogP contribution in [0.5, 0.6) is 0 Å². The summed E-state index contributed by atoms with van der Waals surface area (Å²) in [6.07, 6.45) is 4.54. The van der Waals surface area contributed by atoms with Gasteiger partial charge in [0, 0.05) is 32.5 Å². The van der Waals surface area contributed by atoms with Gasteiger partial charge in [0.1, 0.15) is 0 Å². The maximum absolute atomic E-state index is 12.0. The van der Waals surface area contributed by atoms with E-state index in [0.29, 0.717) is 13.1 Å². The molecule has 1 aromatic carbocycles. The molecule has 0 fully saturated rings. The number of aryl methyl sites for hydroxylation is 1. The highest BCUT2D eigenvalue weighted by Gasteiger charge is 2.13. The smallest absolute Gasteiger partial charge is 0.317 e. The van der Waals surface area contributed by atoms with Crippen molar-refractivity contribution in [3.63, 3.8) is 0 Å². The third-order valence-corrected chi connectivity index (χ3v) is 3.40. The van der Waals surface area contributed by atoms with E-state index in [2.05, 4.69) is 41.5 Å². The van der Waals surface area contributed by atoms with Crippen LogP contribution in [0, 0.1) is 0 Å². The van der Waals surface area contributed by atoms with Crippen molar-refractivity contribution in [2.75, 3.05) is 7.05 Å². The van der Waals surface area contributed by atoms with E-state index in [1.807, 2.05) is 12.1 Å². The molecule has 1 heterocycles. The van der Waals surface area contributed by atoms with E-state index in [9.17, 15) is 4.79 Å². The molecule has 110 valence electrons. The lowest BCUT2D eigenvalue weighted by Gasteiger charge is -2.22. The standard InChI is InChI=1S/C17H21N3O/c1-3-14-6-8-15(9-7-14)12-20(17(21)18-2)13-16-5-4-10-19-11-16/h4-11H,3,12-13H2,1-2H3,(H,18,21). The number of nitrogens with zero attached hydrogens (tertiary/aromatic N) is 2. The number of hydrogen-bond acceptors (Lipinski definition) is 2. The number of pyridine rings is 1. The van der Waals surface area contributed by atoms with Gasteiger partial charge < -0.3 is 10.2 Å². The molecule has 0 unspecified atom stereocenters. The molecular formula is C17H21N3O. The Bertz CT molecular complexity index is 566. The zero-order valence-corrected chi connectivity index (χ0v) is 12.5. The number of carbonyl (C=O) groups is 1. The maximum atomic E-state index is 12.0. The summed E-state index contributed by atoms with van der Waals surface area (Å²) in [5.41, 5.74) is 3.45. The fourth-order valence-corrected chi connectivity index (χ4v) is 2.17. The fourth-order valence-electron chi connectivity index (χ4n) is 2.17. The minimum atomic E-state index is -0.0848. The predicted molar refractivity (Wildman–Crippen MR) is 83.8 cm³/mol. The van der Waals surface area contributed by atoms with Crippen LogP contribution in [-0.4, -0.2) is 23.0 Å². The Morgan fingerprint density at radius 1 is 1.10 bits per heavy atom. The molecule has 2 aromatic rings. The molecule has 4 heteroatoms. The number of aromatic nitrogens is 1. The van der Waals surface area contributed by atoms with Gasteiger partial charge in [-0.3, -0.25) is 4.98 Å². The minimum Gasteiger partial charge on any atom is -0.341 e. The highest BCUT2D eigenvalue weighted by Crippen LogP contribution is 2.11. The zero-order chi connectivity index (χ0) is 15.1. The third kappa shape index (κ3) is 4.31. The van der Waals surface area contributed by atoms with Gasteiger partial charge in [-0.2, -0.15) is 0 Å². The quantitative estimate of drug-likeness (QED) is 0.917. The largest absolute Gasteiger partial charge is 0.341 e.